The Morgan fingerprint density at radius 3 is 3.00 bits per heavy atom. The summed E-state index contributed by atoms with van der Waals surface area (Å²) in [6, 6.07) is 1.71. The zero-order valence-electron chi connectivity index (χ0n) is 8.69. The molecule has 1 aromatic rings. The van der Waals surface area contributed by atoms with E-state index >= 15 is 0 Å². The maximum absolute atomic E-state index is 11.5. The van der Waals surface area contributed by atoms with Crippen molar-refractivity contribution in [2.75, 3.05) is 12.3 Å². The Morgan fingerprint density at radius 1 is 1.73 bits per heavy atom. The number of aliphatic hydroxyl groups excluding tert-OH is 1. The number of amides is 1. The van der Waals surface area contributed by atoms with Gasteiger partial charge in [0, 0.05) is 6.54 Å². The van der Waals surface area contributed by atoms with Crippen LogP contribution in [0.4, 0.5) is 5.69 Å². The number of carbonyl (C=O) groups excluding carboxylic acids is 1. The molecule has 15 heavy (non-hydrogen) atoms. The molecule has 1 atom stereocenters. The van der Waals surface area contributed by atoms with Crippen molar-refractivity contribution in [2.24, 2.45) is 0 Å². The maximum Gasteiger partial charge on any atom is 0.263 e. The number of hydrogen-bond donors (Lipinski definition) is 3. The Bertz CT molecular complexity index is 325. The molecule has 0 spiro atoms. The number of thiophene rings is 1. The molecule has 0 aliphatic carbocycles. The SMILES string of the molecule is CCC(O)CCNC(=O)c1sccc1N. The second kappa shape index (κ2) is 5.72. The number of hydrogen-bond acceptors (Lipinski definition) is 4. The van der Waals surface area contributed by atoms with Crippen LogP contribution >= 0.6 is 11.3 Å². The molecule has 1 amide bonds. The molecule has 0 saturated heterocycles. The summed E-state index contributed by atoms with van der Waals surface area (Å²) >= 11 is 1.32. The number of nitrogens with two attached hydrogens (primary N) is 1. The van der Waals surface area contributed by atoms with Gasteiger partial charge in [-0.15, -0.1) is 11.3 Å². The molecule has 4 nitrogen and oxygen atoms in total. The summed E-state index contributed by atoms with van der Waals surface area (Å²) in [6.45, 7) is 2.38. The van der Waals surface area contributed by atoms with E-state index in [1.54, 1.807) is 11.4 Å². The normalized spacial score (nSPS) is 12.4. The lowest BCUT2D eigenvalue weighted by Gasteiger charge is -2.08. The van der Waals surface area contributed by atoms with Crippen molar-refractivity contribution in [3.05, 3.63) is 16.3 Å². The monoisotopic (exact) mass is 228 g/mol. The van der Waals surface area contributed by atoms with Crippen LogP contribution in [0.15, 0.2) is 11.4 Å². The fourth-order valence-corrected chi connectivity index (χ4v) is 1.87. The Kier molecular flexibility index (Phi) is 4.58. The number of carbonyl (C=O) groups is 1. The van der Waals surface area contributed by atoms with Crippen LogP contribution in [0.2, 0.25) is 0 Å². The summed E-state index contributed by atoms with van der Waals surface area (Å²) in [4.78, 5) is 12.1. The van der Waals surface area contributed by atoms with Crippen molar-refractivity contribution in [3.63, 3.8) is 0 Å². The molecule has 0 radical (unpaired) electrons. The first kappa shape index (κ1) is 12.0. The Hall–Kier alpha value is -1.07. The maximum atomic E-state index is 11.5. The smallest absolute Gasteiger partial charge is 0.263 e. The zero-order chi connectivity index (χ0) is 11.3. The van der Waals surface area contributed by atoms with Gasteiger partial charge in [-0.05, 0) is 24.3 Å². The van der Waals surface area contributed by atoms with Gasteiger partial charge in [0.25, 0.3) is 5.91 Å². The standard InChI is InChI=1S/C10H16N2O2S/c1-2-7(13)3-5-12-10(14)9-8(11)4-6-15-9/h4,6-7,13H,2-3,5,11H2,1H3,(H,12,14). The van der Waals surface area contributed by atoms with Crippen molar-refractivity contribution >= 4 is 22.9 Å². The molecule has 0 fully saturated rings. The Labute approximate surface area is 93.1 Å². The molecule has 84 valence electrons. The van der Waals surface area contributed by atoms with Crippen LogP contribution in [0.25, 0.3) is 0 Å². The van der Waals surface area contributed by atoms with Gasteiger partial charge in [0.2, 0.25) is 0 Å². The van der Waals surface area contributed by atoms with Gasteiger partial charge in [0.1, 0.15) is 4.88 Å². The minimum Gasteiger partial charge on any atom is -0.397 e. The molecule has 4 N–H and O–H groups in total. The van der Waals surface area contributed by atoms with Crippen molar-refractivity contribution in [1.82, 2.24) is 5.32 Å². The van der Waals surface area contributed by atoms with Crippen LogP contribution in [-0.2, 0) is 0 Å². The average molecular weight is 228 g/mol. The molecule has 1 rings (SSSR count). The number of aliphatic hydroxyl groups is 1. The third-order valence-corrected chi connectivity index (χ3v) is 3.07. The lowest BCUT2D eigenvalue weighted by Crippen LogP contribution is -2.26. The first-order chi connectivity index (χ1) is 7.15. The fraction of sp³-hybridized carbons (Fsp3) is 0.500. The van der Waals surface area contributed by atoms with Gasteiger partial charge < -0.3 is 16.2 Å². The van der Waals surface area contributed by atoms with E-state index in [0.29, 0.717) is 30.0 Å². The van der Waals surface area contributed by atoms with Crippen LogP contribution < -0.4 is 11.1 Å². The van der Waals surface area contributed by atoms with Crippen molar-refractivity contribution in [1.29, 1.82) is 0 Å². The highest BCUT2D eigenvalue weighted by Crippen LogP contribution is 2.18. The molecule has 1 unspecified atom stereocenters. The first-order valence-electron chi connectivity index (χ1n) is 4.94. The molecular weight excluding hydrogens is 212 g/mol. The lowest BCUT2D eigenvalue weighted by molar-refractivity contribution is 0.0947. The summed E-state index contributed by atoms with van der Waals surface area (Å²) < 4.78 is 0. The van der Waals surface area contributed by atoms with Crippen LogP contribution in [0.5, 0.6) is 0 Å². The highest BCUT2D eigenvalue weighted by atomic mass is 32.1. The van der Waals surface area contributed by atoms with Gasteiger partial charge >= 0.3 is 0 Å². The highest BCUT2D eigenvalue weighted by molar-refractivity contribution is 7.12. The predicted octanol–water partition coefficient (Wildman–Crippen LogP) is 1.22. The topological polar surface area (TPSA) is 75.3 Å². The molecule has 0 aliphatic rings. The molecule has 0 bridgehead atoms. The van der Waals surface area contributed by atoms with Crippen molar-refractivity contribution < 1.29 is 9.90 Å². The van der Waals surface area contributed by atoms with Crippen LogP contribution in [0, 0.1) is 0 Å². The number of nitrogens with one attached hydrogen (secondary N) is 1. The Balaban J connectivity index is 2.34. The second-order valence-electron chi connectivity index (χ2n) is 3.31. The lowest BCUT2D eigenvalue weighted by atomic mass is 10.2. The summed E-state index contributed by atoms with van der Waals surface area (Å²) in [7, 11) is 0. The minimum atomic E-state index is -0.342. The van der Waals surface area contributed by atoms with Gasteiger partial charge in [-0.2, -0.15) is 0 Å². The van der Waals surface area contributed by atoms with E-state index in [1.165, 1.54) is 11.3 Å². The summed E-state index contributed by atoms with van der Waals surface area (Å²) in [5.41, 5.74) is 6.11. The highest BCUT2D eigenvalue weighted by Gasteiger charge is 2.10. The van der Waals surface area contributed by atoms with Crippen LogP contribution in [0.1, 0.15) is 29.4 Å². The molecule has 5 heteroatoms. The molecule has 0 aromatic carbocycles. The second-order valence-corrected chi connectivity index (χ2v) is 4.23. The molecule has 1 heterocycles. The van der Waals surface area contributed by atoms with Gasteiger partial charge in [-0.1, -0.05) is 6.92 Å². The average Bonchev–Trinajstić information content (AvgIpc) is 2.64. The molecule has 0 saturated carbocycles. The van der Waals surface area contributed by atoms with E-state index in [1.807, 2.05) is 6.92 Å². The first-order valence-corrected chi connectivity index (χ1v) is 5.82. The van der Waals surface area contributed by atoms with Gasteiger partial charge in [0.15, 0.2) is 0 Å². The summed E-state index contributed by atoms with van der Waals surface area (Å²) in [6.07, 6.45) is 0.941. The van der Waals surface area contributed by atoms with E-state index in [-0.39, 0.29) is 12.0 Å². The molecular formula is C10H16N2O2S. The summed E-state index contributed by atoms with van der Waals surface area (Å²) in [5.74, 6) is -0.161. The van der Waals surface area contributed by atoms with E-state index in [4.69, 9.17) is 5.73 Å². The zero-order valence-corrected chi connectivity index (χ0v) is 9.51. The minimum absolute atomic E-state index is 0.161. The number of anilines is 1. The van der Waals surface area contributed by atoms with Gasteiger partial charge in [0.05, 0.1) is 11.8 Å². The number of nitrogen functional groups attached to an aromatic ring is 1. The van der Waals surface area contributed by atoms with E-state index < -0.39 is 0 Å². The van der Waals surface area contributed by atoms with E-state index in [9.17, 15) is 9.90 Å². The molecule has 0 aliphatic heterocycles. The third kappa shape index (κ3) is 3.53. The van der Waals surface area contributed by atoms with Crippen LogP contribution in [0.3, 0.4) is 0 Å². The third-order valence-electron chi connectivity index (χ3n) is 2.14. The van der Waals surface area contributed by atoms with Gasteiger partial charge in [-0.25, -0.2) is 0 Å². The van der Waals surface area contributed by atoms with Crippen LogP contribution in [-0.4, -0.2) is 23.7 Å². The number of rotatable bonds is 5. The van der Waals surface area contributed by atoms with Crippen molar-refractivity contribution in [2.45, 2.75) is 25.9 Å². The quantitative estimate of drug-likeness (QED) is 0.709. The van der Waals surface area contributed by atoms with E-state index in [0.717, 1.165) is 0 Å². The van der Waals surface area contributed by atoms with Gasteiger partial charge in [-0.3, -0.25) is 4.79 Å². The fourth-order valence-electron chi connectivity index (χ4n) is 1.14. The molecule has 1 aromatic heterocycles. The van der Waals surface area contributed by atoms with Crippen molar-refractivity contribution in [3.8, 4) is 0 Å². The Morgan fingerprint density at radius 2 is 2.47 bits per heavy atom. The largest absolute Gasteiger partial charge is 0.397 e. The van der Waals surface area contributed by atoms with E-state index in [2.05, 4.69) is 5.32 Å². The predicted molar refractivity (Wildman–Crippen MR) is 62.0 cm³/mol. The summed E-state index contributed by atoms with van der Waals surface area (Å²) in [5, 5.41) is 13.8.